The first-order valence-corrected chi connectivity index (χ1v) is 12.8. The molecule has 3 aromatic rings. The van der Waals surface area contributed by atoms with E-state index in [2.05, 4.69) is 39.3 Å². The number of carboxylic acids is 1. The minimum Gasteiger partial charge on any atom is -0.480 e. The van der Waals surface area contributed by atoms with Gasteiger partial charge < -0.3 is 20.7 Å². The number of hydrogen-bond donors (Lipinski definition) is 3. The van der Waals surface area contributed by atoms with Gasteiger partial charge in [0.2, 0.25) is 0 Å². The van der Waals surface area contributed by atoms with Crippen LogP contribution in [0.5, 0.6) is 0 Å². The molecule has 1 amide bonds. The number of carboxylic acid groups (broad SMARTS) is 1. The Morgan fingerprint density at radius 2 is 1.76 bits per heavy atom. The number of rotatable bonds is 5. The van der Waals surface area contributed by atoms with Crippen LogP contribution >= 0.6 is 0 Å². The number of nitrogens with one attached hydrogen (secondary N) is 1. The van der Waals surface area contributed by atoms with Gasteiger partial charge in [0, 0.05) is 35.8 Å². The largest absolute Gasteiger partial charge is 0.480 e. The SMILES string of the molecule is NC(=NC(=O)c1cccc(F)c1)N1CCC(C(C(=O)O)N2CCC(c3c[nH]c4ccccc34)CC2)CC1. The van der Waals surface area contributed by atoms with E-state index < -0.39 is 23.7 Å². The van der Waals surface area contributed by atoms with Gasteiger partial charge in [-0.15, -0.1) is 0 Å². The standard InChI is InChI=1S/C28H32FN5O3/c29-21-5-3-4-20(16-21)26(35)32-28(30)34-14-10-19(11-15-34)25(27(36)37)33-12-8-18(9-13-33)23-17-31-24-7-2-1-6-22(23)24/h1-7,16-19,25,31H,8-15H2,(H,36,37)(H2,30,32,35). The number of nitrogens with two attached hydrogens (primary N) is 1. The van der Waals surface area contributed by atoms with E-state index >= 15 is 0 Å². The van der Waals surface area contributed by atoms with E-state index in [-0.39, 0.29) is 17.4 Å². The topological polar surface area (TPSA) is 115 Å². The molecule has 1 unspecified atom stereocenters. The molecule has 9 heteroatoms. The number of carbonyl (C=O) groups is 2. The number of nitrogens with zero attached hydrogens (tertiary/aromatic N) is 3. The molecule has 0 saturated carbocycles. The molecule has 1 atom stereocenters. The second-order valence-corrected chi connectivity index (χ2v) is 9.99. The number of amides is 1. The second-order valence-electron chi connectivity index (χ2n) is 9.99. The van der Waals surface area contributed by atoms with Crippen LogP contribution in [0.15, 0.2) is 59.7 Å². The summed E-state index contributed by atoms with van der Waals surface area (Å²) in [6.07, 6.45) is 5.23. The third kappa shape index (κ3) is 5.36. The summed E-state index contributed by atoms with van der Waals surface area (Å²) in [5, 5.41) is 11.4. The third-order valence-corrected chi connectivity index (χ3v) is 7.83. The minimum absolute atomic E-state index is 0.00916. The maximum atomic E-state index is 13.4. The van der Waals surface area contributed by atoms with Crippen molar-refractivity contribution >= 4 is 28.7 Å². The Kier molecular flexibility index (Phi) is 7.23. The molecule has 2 fully saturated rings. The van der Waals surface area contributed by atoms with Crippen molar-refractivity contribution < 1.29 is 19.1 Å². The average molecular weight is 506 g/mol. The van der Waals surface area contributed by atoms with E-state index in [1.54, 1.807) is 4.90 Å². The van der Waals surface area contributed by atoms with Crippen LogP contribution in [0.3, 0.4) is 0 Å². The Balaban J connectivity index is 1.18. The van der Waals surface area contributed by atoms with Crippen LogP contribution in [0.4, 0.5) is 4.39 Å². The molecule has 8 nitrogen and oxygen atoms in total. The molecule has 4 N–H and O–H groups in total. The van der Waals surface area contributed by atoms with Crippen LogP contribution in [0, 0.1) is 11.7 Å². The third-order valence-electron chi connectivity index (χ3n) is 7.83. The molecule has 0 spiro atoms. The number of aromatic amines is 1. The van der Waals surface area contributed by atoms with Gasteiger partial charge in [-0.2, -0.15) is 4.99 Å². The molecule has 2 aromatic carbocycles. The second kappa shape index (κ2) is 10.7. The fourth-order valence-electron chi connectivity index (χ4n) is 5.88. The summed E-state index contributed by atoms with van der Waals surface area (Å²) in [5.74, 6) is -1.40. The highest BCUT2D eigenvalue weighted by Gasteiger charge is 2.38. The highest BCUT2D eigenvalue weighted by molar-refractivity contribution is 6.02. The van der Waals surface area contributed by atoms with Crippen LogP contribution in [0.2, 0.25) is 0 Å². The molecule has 2 aliphatic rings. The number of aliphatic carboxylic acids is 1. The lowest BCUT2D eigenvalue weighted by atomic mass is 9.84. The van der Waals surface area contributed by atoms with Crippen LogP contribution in [-0.4, -0.2) is 69.9 Å². The highest BCUT2D eigenvalue weighted by Crippen LogP contribution is 2.35. The molecule has 3 heterocycles. The lowest BCUT2D eigenvalue weighted by molar-refractivity contribution is -0.146. The quantitative estimate of drug-likeness (QED) is 0.359. The van der Waals surface area contributed by atoms with E-state index in [1.807, 2.05) is 6.07 Å². The van der Waals surface area contributed by atoms with Crippen molar-refractivity contribution in [3.8, 4) is 0 Å². The van der Waals surface area contributed by atoms with Crippen molar-refractivity contribution in [2.75, 3.05) is 26.2 Å². The summed E-state index contributed by atoms with van der Waals surface area (Å²) >= 11 is 0. The van der Waals surface area contributed by atoms with Crippen LogP contribution in [0.1, 0.15) is 47.5 Å². The summed E-state index contributed by atoms with van der Waals surface area (Å²) in [6.45, 7) is 2.53. The number of likely N-dealkylation sites (tertiary alicyclic amines) is 2. The first-order chi connectivity index (χ1) is 17.9. The first kappa shape index (κ1) is 25.0. The molecule has 2 aliphatic heterocycles. The zero-order valence-corrected chi connectivity index (χ0v) is 20.6. The number of benzene rings is 2. The van der Waals surface area contributed by atoms with Gasteiger partial charge in [0.15, 0.2) is 5.96 Å². The molecule has 37 heavy (non-hydrogen) atoms. The molecule has 2 saturated heterocycles. The predicted octanol–water partition coefficient (Wildman–Crippen LogP) is 3.81. The molecule has 5 rings (SSSR count). The van der Waals surface area contributed by atoms with E-state index in [0.717, 1.165) is 37.5 Å². The Labute approximate surface area is 215 Å². The van der Waals surface area contributed by atoms with Gasteiger partial charge in [0.1, 0.15) is 11.9 Å². The van der Waals surface area contributed by atoms with Gasteiger partial charge in [-0.25, -0.2) is 4.39 Å². The molecular formula is C28H32FN5O3. The van der Waals surface area contributed by atoms with Crippen molar-refractivity contribution in [1.29, 1.82) is 0 Å². The van der Waals surface area contributed by atoms with Crippen LogP contribution in [0.25, 0.3) is 10.9 Å². The molecule has 1 aromatic heterocycles. The zero-order valence-electron chi connectivity index (χ0n) is 20.6. The zero-order chi connectivity index (χ0) is 25.9. The van der Waals surface area contributed by atoms with Gasteiger partial charge in [0.05, 0.1) is 0 Å². The fourth-order valence-corrected chi connectivity index (χ4v) is 5.88. The van der Waals surface area contributed by atoms with Crippen molar-refractivity contribution in [2.24, 2.45) is 16.6 Å². The molecule has 194 valence electrons. The number of halogens is 1. The lowest BCUT2D eigenvalue weighted by Gasteiger charge is -2.42. The van der Waals surface area contributed by atoms with Gasteiger partial charge >= 0.3 is 5.97 Å². The van der Waals surface area contributed by atoms with E-state index in [1.165, 1.54) is 29.1 Å². The number of para-hydroxylation sites is 1. The Bertz CT molecular complexity index is 1310. The maximum absolute atomic E-state index is 13.4. The smallest absolute Gasteiger partial charge is 0.321 e. The van der Waals surface area contributed by atoms with Crippen molar-refractivity contribution in [1.82, 2.24) is 14.8 Å². The van der Waals surface area contributed by atoms with E-state index in [9.17, 15) is 19.1 Å². The summed E-state index contributed by atoms with van der Waals surface area (Å²) < 4.78 is 13.4. The van der Waals surface area contributed by atoms with Crippen LogP contribution in [-0.2, 0) is 4.79 Å². The molecule has 0 aliphatic carbocycles. The molecular weight excluding hydrogens is 473 g/mol. The maximum Gasteiger partial charge on any atom is 0.321 e. The average Bonchev–Trinajstić information content (AvgIpc) is 3.34. The summed E-state index contributed by atoms with van der Waals surface area (Å²) in [6, 6.07) is 13.1. The number of aromatic nitrogens is 1. The van der Waals surface area contributed by atoms with Gasteiger partial charge in [0.25, 0.3) is 5.91 Å². The first-order valence-electron chi connectivity index (χ1n) is 12.8. The number of piperidine rings is 2. The number of aliphatic imine (C=N–C) groups is 1. The van der Waals surface area contributed by atoms with E-state index in [0.29, 0.717) is 31.8 Å². The van der Waals surface area contributed by atoms with Crippen molar-refractivity contribution in [3.05, 3.63) is 71.7 Å². The van der Waals surface area contributed by atoms with Gasteiger partial charge in [-0.1, -0.05) is 24.3 Å². The lowest BCUT2D eigenvalue weighted by Crippen LogP contribution is -2.53. The van der Waals surface area contributed by atoms with Crippen LogP contribution < -0.4 is 5.73 Å². The monoisotopic (exact) mass is 505 g/mol. The van der Waals surface area contributed by atoms with Crippen molar-refractivity contribution in [2.45, 2.75) is 37.6 Å². The highest BCUT2D eigenvalue weighted by atomic mass is 19.1. The summed E-state index contributed by atoms with van der Waals surface area (Å²) in [5.41, 5.74) is 8.67. The summed E-state index contributed by atoms with van der Waals surface area (Å²) in [7, 11) is 0. The van der Waals surface area contributed by atoms with Gasteiger partial charge in [-0.05, 0) is 80.4 Å². The summed E-state index contributed by atoms with van der Waals surface area (Å²) in [4.78, 5) is 35.9. The normalized spacial score (nSPS) is 19.3. The predicted molar refractivity (Wildman–Crippen MR) is 140 cm³/mol. The van der Waals surface area contributed by atoms with Crippen molar-refractivity contribution in [3.63, 3.8) is 0 Å². The fraction of sp³-hybridized carbons (Fsp3) is 0.393. The number of guanidine groups is 1. The van der Waals surface area contributed by atoms with E-state index in [4.69, 9.17) is 5.73 Å². The molecule has 0 radical (unpaired) electrons. The molecule has 0 bridgehead atoms. The Morgan fingerprint density at radius 3 is 2.46 bits per heavy atom. The number of hydrogen-bond acceptors (Lipinski definition) is 3. The van der Waals surface area contributed by atoms with Gasteiger partial charge in [-0.3, -0.25) is 14.5 Å². The Morgan fingerprint density at radius 1 is 1.03 bits per heavy atom. The number of fused-ring (bicyclic) bond motifs is 1. The number of H-pyrrole nitrogens is 1. The number of carbonyl (C=O) groups excluding carboxylic acids is 1. The minimum atomic E-state index is -0.785. The Hall–Kier alpha value is -3.72.